The Morgan fingerprint density at radius 1 is 1.10 bits per heavy atom. The van der Waals surface area contributed by atoms with E-state index in [1.165, 1.54) is 5.01 Å². The second-order valence-electron chi connectivity index (χ2n) is 7.68. The van der Waals surface area contributed by atoms with Crippen LogP contribution in [-0.4, -0.2) is 43.6 Å². The minimum Gasteiger partial charge on any atom is -0.357 e. The molecule has 0 unspecified atom stereocenters. The van der Waals surface area contributed by atoms with Crippen LogP contribution in [0.25, 0.3) is 0 Å². The summed E-state index contributed by atoms with van der Waals surface area (Å²) in [6.07, 6.45) is 2.65. The van der Waals surface area contributed by atoms with Gasteiger partial charge < -0.3 is 10.2 Å². The maximum absolute atomic E-state index is 13.2. The Morgan fingerprint density at radius 3 is 2.59 bits per heavy atom. The largest absolute Gasteiger partial charge is 0.357 e. The fourth-order valence-electron chi connectivity index (χ4n) is 3.94. The Labute approximate surface area is 171 Å². The quantitative estimate of drug-likeness (QED) is 0.852. The number of para-hydroxylation sites is 2. The third-order valence-electron chi connectivity index (χ3n) is 5.43. The Hall–Kier alpha value is -2.99. The molecular weight excluding hydrogens is 364 g/mol. The summed E-state index contributed by atoms with van der Waals surface area (Å²) in [4.78, 5) is 27.9. The van der Waals surface area contributed by atoms with Crippen molar-refractivity contribution in [3.05, 3.63) is 60.2 Å². The van der Waals surface area contributed by atoms with Crippen LogP contribution >= 0.6 is 0 Å². The lowest BCUT2D eigenvalue weighted by molar-refractivity contribution is -0.120. The average Bonchev–Trinajstić information content (AvgIpc) is 2.74. The molecule has 29 heavy (non-hydrogen) atoms. The molecule has 1 N–H and O–H groups in total. The Kier molecular flexibility index (Phi) is 5.71. The van der Waals surface area contributed by atoms with Crippen LogP contribution in [-0.2, 0) is 16.0 Å². The predicted molar refractivity (Wildman–Crippen MR) is 115 cm³/mol. The topological polar surface area (TPSA) is 65.0 Å². The SMILES string of the molecule is C[C@H]1C=NN(c2ccccc2N2CCNC[C@H]2C(=O)Cc2ccccc2)C(=O)C1. The summed E-state index contributed by atoms with van der Waals surface area (Å²) in [5, 5.41) is 9.21. The Morgan fingerprint density at radius 2 is 1.83 bits per heavy atom. The summed E-state index contributed by atoms with van der Waals surface area (Å²) in [5.41, 5.74) is 2.63. The first-order chi connectivity index (χ1) is 14.1. The highest BCUT2D eigenvalue weighted by Crippen LogP contribution is 2.33. The fourth-order valence-corrected chi connectivity index (χ4v) is 3.94. The smallest absolute Gasteiger partial charge is 0.248 e. The summed E-state index contributed by atoms with van der Waals surface area (Å²) < 4.78 is 0. The van der Waals surface area contributed by atoms with Crippen LogP contribution in [0.1, 0.15) is 18.9 Å². The molecule has 2 aliphatic rings. The number of nitrogens with zero attached hydrogens (tertiary/aromatic N) is 3. The summed E-state index contributed by atoms with van der Waals surface area (Å²) in [5.74, 6) is 0.292. The second-order valence-corrected chi connectivity index (χ2v) is 7.68. The van der Waals surface area contributed by atoms with Gasteiger partial charge in [0.15, 0.2) is 5.78 Å². The number of hydrogen-bond donors (Lipinski definition) is 1. The number of Topliss-reactive ketones (excluding diaryl/α,β-unsaturated/α-hetero) is 1. The highest BCUT2D eigenvalue weighted by molar-refractivity contribution is 6.01. The van der Waals surface area contributed by atoms with Gasteiger partial charge in [-0.3, -0.25) is 9.59 Å². The summed E-state index contributed by atoms with van der Waals surface area (Å²) in [6, 6.07) is 17.3. The number of rotatable bonds is 5. The molecule has 0 spiro atoms. The van der Waals surface area contributed by atoms with Gasteiger partial charge in [0.25, 0.3) is 0 Å². The maximum Gasteiger partial charge on any atom is 0.248 e. The molecule has 150 valence electrons. The highest BCUT2D eigenvalue weighted by atomic mass is 16.2. The number of benzene rings is 2. The molecule has 6 nitrogen and oxygen atoms in total. The van der Waals surface area contributed by atoms with Gasteiger partial charge in [-0.05, 0) is 17.7 Å². The van der Waals surface area contributed by atoms with Crippen molar-refractivity contribution >= 4 is 29.3 Å². The molecule has 2 aromatic rings. The normalized spacial score (nSPS) is 22.0. The van der Waals surface area contributed by atoms with E-state index in [2.05, 4.69) is 15.3 Å². The molecule has 0 radical (unpaired) electrons. The van der Waals surface area contributed by atoms with Crippen LogP contribution in [0.5, 0.6) is 0 Å². The van der Waals surface area contributed by atoms with Crippen molar-refractivity contribution in [2.75, 3.05) is 29.5 Å². The van der Waals surface area contributed by atoms with Crippen molar-refractivity contribution in [2.45, 2.75) is 25.8 Å². The molecule has 0 saturated carbocycles. The van der Waals surface area contributed by atoms with Gasteiger partial charge in [-0.1, -0.05) is 49.4 Å². The van der Waals surface area contributed by atoms with Crippen molar-refractivity contribution in [3.63, 3.8) is 0 Å². The van der Waals surface area contributed by atoms with Gasteiger partial charge in [0.2, 0.25) is 5.91 Å². The van der Waals surface area contributed by atoms with Gasteiger partial charge in [0.05, 0.1) is 11.4 Å². The van der Waals surface area contributed by atoms with E-state index in [1.54, 1.807) is 0 Å². The molecule has 2 aliphatic heterocycles. The summed E-state index contributed by atoms with van der Waals surface area (Å²) in [6.45, 7) is 4.07. The summed E-state index contributed by atoms with van der Waals surface area (Å²) >= 11 is 0. The molecule has 0 bridgehead atoms. The van der Waals surface area contributed by atoms with Crippen LogP contribution in [0.2, 0.25) is 0 Å². The maximum atomic E-state index is 13.2. The number of ketones is 1. The highest BCUT2D eigenvalue weighted by Gasteiger charge is 2.32. The molecule has 1 saturated heterocycles. The van der Waals surface area contributed by atoms with E-state index in [-0.39, 0.29) is 23.7 Å². The van der Waals surface area contributed by atoms with E-state index in [1.807, 2.05) is 67.7 Å². The minimum atomic E-state index is -0.284. The molecule has 1 fully saturated rings. The van der Waals surface area contributed by atoms with Gasteiger partial charge in [-0.25, -0.2) is 0 Å². The van der Waals surface area contributed by atoms with Gasteiger partial charge in [0.1, 0.15) is 6.04 Å². The third kappa shape index (κ3) is 4.22. The number of anilines is 2. The third-order valence-corrected chi connectivity index (χ3v) is 5.43. The number of nitrogens with one attached hydrogen (secondary N) is 1. The molecule has 4 rings (SSSR count). The number of piperazine rings is 1. The van der Waals surface area contributed by atoms with Crippen LogP contribution in [0.3, 0.4) is 0 Å². The van der Waals surface area contributed by atoms with Crippen LogP contribution < -0.4 is 15.2 Å². The second kappa shape index (κ2) is 8.57. The van der Waals surface area contributed by atoms with Crippen molar-refractivity contribution in [2.24, 2.45) is 11.0 Å². The standard InChI is InChI=1S/C23H26N4O2/c1-17-13-23(29)27(25-15-17)20-10-6-5-9-19(20)26-12-11-24-16-21(26)22(28)14-18-7-3-2-4-8-18/h2-10,15,17,21,24H,11-14,16H2,1H3/t17-,21+/m1/s1. The van der Waals surface area contributed by atoms with E-state index < -0.39 is 0 Å². The molecule has 0 aromatic heterocycles. The first kappa shape index (κ1) is 19.3. The molecule has 2 atom stereocenters. The molecular formula is C23H26N4O2. The van der Waals surface area contributed by atoms with Gasteiger partial charge in [-0.2, -0.15) is 10.1 Å². The number of carbonyl (C=O) groups excluding carboxylic acids is 2. The lowest BCUT2D eigenvalue weighted by atomic mass is 10.00. The van der Waals surface area contributed by atoms with Crippen molar-refractivity contribution in [1.29, 1.82) is 0 Å². The predicted octanol–water partition coefficient (Wildman–Crippen LogP) is 2.64. The minimum absolute atomic E-state index is 0.0188. The fraction of sp³-hybridized carbons (Fsp3) is 0.348. The van der Waals surface area contributed by atoms with Crippen molar-refractivity contribution < 1.29 is 9.59 Å². The van der Waals surface area contributed by atoms with E-state index in [4.69, 9.17) is 0 Å². The molecule has 2 heterocycles. The average molecular weight is 390 g/mol. The zero-order chi connectivity index (χ0) is 20.2. The Bertz CT molecular complexity index is 912. The van der Waals surface area contributed by atoms with Gasteiger partial charge >= 0.3 is 0 Å². The Balaban J connectivity index is 1.63. The van der Waals surface area contributed by atoms with Crippen LogP contribution in [0.4, 0.5) is 11.4 Å². The lowest BCUT2D eigenvalue weighted by Crippen LogP contribution is -2.56. The number of amides is 1. The van der Waals surface area contributed by atoms with E-state index in [9.17, 15) is 9.59 Å². The van der Waals surface area contributed by atoms with E-state index in [0.717, 1.165) is 23.5 Å². The number of carbonyl (C=O) groups is 2. The molecule has 0 aliphatic carbocycles. The summed E-state index contributed by atoms with van der Waals surface area (Å²) in [7, 11) is 0. The molecule has 6 heteroatoms. The first-order valence-electron chi connectivity index (χ1n) is 10.1. The van der Waals surface area contributed by atoms with Crippen LogP contribution in [0.15, 0.2) is 59.7 Å². The lowest BCUT2D eigenvalue weighted by Gasteiger charge is -2.39. The zero-order valence-electron chi connectivity index (χ0n) is 16.6. The van der Waals surface area contributed by atoms with E-state index >= 15 is 0 Å². The van der Waals surface area contributed by atoms with Crippen LogP contribution in [0, 0.1) is 5.92 Å². The van der Waals surface area contributed by atoms with Crippen molar-refractivity contribution in [3.8, 4) is 0 Å². The van der Waals surface area contributed by atoms with E-state index in [0.29, 0.717) is 25.9 Å². The number of hydrogen-bond acceptors (Lipinski definition) is 5. The zero-order valence-corrected chi connectivity index (χ0v) is 16.6. The molecule has 2 aromatic carbocycles. The van der Waals surface area contributed by atoms with Gasteiger partial charge in [0, 0.05) is 44.6 Å². The van der Waals surface area contributed by atoms with Gasteiger partial charge in [-0.15, -0.1) is 0 Å². The number of hydrazone groups is 1. The van der Waals surface area contributed by atoms with Crippen molar-refractivity contribution in [1.82, 2.24) is 5.32 Å². The molecule has 1 amide bonds. The first-order valence-corrected chi connectivity index (χ1v) is 10.1. The monoisotopic (exact) mass is 390 g/mol.